The van der Waals surface area contributed by atoms with Gasteiger partial charge in [-0.2, -0.15) is 39.5 Å². The van der Waals surface area contributed by atoms with Gasteiger partial charge in [0.2, 0.25) is 5.91 Å². The molecule has 250 valence electrons. The van der Waals surface area contributed by atoms with Crippen molar-refractivity contribution in [2.45, 2.75) is 43.5 Å². The fourth-order valence-electron chi connectivity index (χ4n) is 3.80. The molecule has 2 saturated heterocycles. The number of halogens is 9. The van der Waals surface area contributed by atoms with Crippen LogP contribution in [0.1, 0.15) is 18.4 Å². The lowest BCUT2D eigenvalue weighted by molar-refractivity contribution is -0.193. The summed E-state index contributed by atoms with van der Waals surface area (Å²) in [5.74, 6) is -7.98. The predicted molar refractivity (Wildman–Crippen MR) is 132 cm³/mol. The molecule has 0 bridgehead atoms. The number of rotatable bonds is 4. The summed E-state index contributed by atoms with van der Waals surface area (Å²) in [6.45, 7) is 9.05. The van der Waals surface area contributed by atoms with Crippen LogP contribution < -0.4 is 0 Å². The predicted octanol–water partition coefficient (Wildman–Crippen LogP) is 3.28. The number of piperidine rings is 1. The van der Waals surface area contributed by atoms with E-state index < -0.39 is 36.4 Å². The third-order valence-electron chi connectivity index (χ3n) is 6.04. The van der Waals surface area contributed by atoms with Gasteiger partial charge in [0.1, 0.15) is 5.54 Å². The van der Waals surface area contributed by atoms with Gasteiger partial charge in [-0.15, -0.1) is 6.58 Å². The van der Waals surface area contributed by atoms with Crippen molar-refractivity contribution in [1.29, 1.82) is 0 Å². The van der Waals surface area contributed by atoms with Crippen molar-refractivity contribution < 1.29 is 74.0 Å². The Hall–Kier alpha value is -3.94. The standard InChI is InChI=1S/C18H26N4O.3C2HF3O2/c1-3-10-22-14-13-20(2)18(17(22)23)6-11-21(12-7-18)15-16-4-8-19-9-5-16;3*3-2(4,5)1(6)7/h3-5,8-9H,1,6-7,10-15H2,2H3;3*(H,6,7). The van der Waals surface area contributed by atoms with Crippen LogP contribution in [0.25, 0.3) is 0 Å². The van der Waals surface area contributed by atoms with Crippen molar-refractivity contribution in [2.75, 3.05) is 39.8 Å². The maximum absolute atomic E-state index is 13.0. The molecule has 1 aromatic heterocycles. The fourth-order valence-corrected chi connectivity index (χ4v) is 3.80. The van der Waals surface area contributed by atoms with Gasteiger partial charge >= 0.3 is 36.4 Å². The number of carbonyl (C=O) groups excluding carboxylic acids is 1. The number of likely N-dealkylation sites (tertiary alicyclic amines) is 1. The van der Waals surface area contributed by atoms with E-state index in [0.717, 1.165) is 45.6 Å². The minimum Gasteiger partial charge on any atom is -0.475 e. The quantitative estimate of drug-likeness (QED) is 0.326. The molecule has 0 saturated carbocycles. The number of alkyl halides is 9. The Kier molecular flexibility index (Phi) is 15.3. The van der Waals surface area contributed by atoms with Crippen LogP contribution in [0.5, 0.6) is 0 Å². The van der Waals surface area contributed by atoms with Gasteiger partial charge in [-0.3, -0.25) is 19.6 Å². The number of piperazine rings is 1. The summed E-state index contributed by atoms with van der Waals surface area (Å²) < 4.78 is 95.2. The van der Waals surface area contributed by atoms with E-state index in [0.29, 0.717) is 6.54 Å². The number of aromatic nitrogens is 1. The molecule has 0 aliphatic carbocycles. The van der Waals surface area contributed by atoms with Crippen molar-refractivity contribution in [3.05, 3.63) is 42.7 Å². The van der Waals surface area contributed by atoms with Crippen molar-refractivity contribution in [3.63, 3.8) is 0 Å². The summed E-state index contributed by atoms with van der Waals surface area (Å²) in [5.41, 5.74) is 0.975. The van der Waals surface area contributed by atoms with Gasteiger partial charge in [0.15, 0.2) is 0 Å². The van der Waals surface area contributed by atoms with Gasteiger partial charge in [0.25, 0.3) is 0 Å². The first-order valence-corrected chi connectivity index (χ1v) is 12.1. The SMILES string of the molecule is C=CCN1CCN(C)C2(CCN(Cc3ccncc3)CC2)C1=O.O=C(O)C(F)(F)F.O=C(O)C(F)(F)F.O=C(O)C(F)(F)F. The molecule has 0 aromatic carbocycles. The zero-order chi connectivity index (χ0) is 34.5. The molecule has 11 nitrogen and oxygen atoms in total. The largest absolute Gasteiger partial charge is 0.490 e. The molecular weight excluding hydrogens is 627 g/mol. The monoisotopic (exact) mass is 656 g/mol. The molecule has 2 aliphatic heterocycles. The third-order valence-corrected chi connectivity index (χ3v) is 6.04. The third kappa shape index (κ3) is 13.6. The smallest absolute Gasteiger partial charge is 0.475 e. The number of hydrogen-bond acceptors (Lipinski definition) is 7. The first-order chi connectivity index (χ1) is 20.0. The van der Waals surface area contributed by atoms with Crippen LogP contribution in [0.15, 0.2) is 37.2 Å². The highest BCUT2D eigenvalue weighted by molar-refractivity contribution is 5.87. The maximum Gasteiger partial charge on any atom is 0.490 e. The first kappa shape index (κ1) is 40.1. The van der Waals surface area contributed by atoms with Crippen LogP contribution in [0, 0.1) is 0 Å². The van der Waals surface area contributed by atoms with Gasteiger partial charge in [0.05, 0.1) is 0 Å². The lowest BCUT2D eigenvalue weighted by Gasteiger charge is -2.51. The molecule has 20 heteroatoms. The average Bonchev–Trinajstić information content (AvgIpc) is 2.90. The zero-order valence-electron chi connectivity index (χ0n) is 22.9. The summed E-state index contributed by atoms with van der Waals surface area (Å²) in [6.07, 6.45) is -7.93. The molecule has 2 aliphatic rings. The summed E-state index contributed by atoms with van der Waals surface area (Å²) in [4.78, 5) is 50.4. The highest BCUT2D eigenvalue weighted by Gasteiger charge is 2.49. The number of carbonyl (C=O) groups is 4. The number of amides is 1. The molecule has 44 heavy (non-hydrogen) atoms. The van der Waals surface area contributed by atoms with E-state index in [1.54, 1.807) is 0 Å². The van der Waals surface area contributed by atoms with Crippen molar-refractivity contribution >= 4 is 23.8 Å². The summed E-state index contributed by atoms with van der Waals surface area (Å²) in [5, 5.41) is 21.4. The minimum absolute atomic E-state index is 0.287. The van der Waals surface area contributed by atoms with Gasteiger partial charge < -0.3 is 20.2 Å². The van der Waals surface area contributed by atoms with Crippen LogP contribution in [0.3, 0.4) is 0 Å². The van der Waals surface area contributed by atoms with Crippen molar-refractivity contribution in [2.24, 2.45) is 0 Å². The topological polar surface area (TPSA) is 152 Å². The molecule has 1 aromatic rings. The molecule has 0 atom stereocenters. The second-order valence-corrected chi connectivity index (χ2v) is 9.03. The Labute approximate surface area is 244 Å². The molecule has 0 unspecified atom stereocenters. The van der Waals surface area contributed by atoms with E-state index in [1.165, 1.54) is 5.56 Å². The van der Waals surface area contributed by atoms with E-state index in [2.05, 4.69) is 40.5 Å². The summed E-state index contributed by atoms with van der Waals surface area (Å²) in [7, 11) is 2.10. The van der Waals surface area contributed by atoms with Crippen molar-refractivity contribution in [3.8, 4) is 0 Å². The number of aliphatic carboxylic acids is 3. The summed E-state index contributed by atoms with van der Waals surface area (Å²) in [6, 6.07) is 4.13. The Morgan fingerprint density at radius 3 is 1.57 bits per heavy atom. The number of carboxylic acids is 3. The molecule has 1 spiro atoms. The van der Waals surface area contributed by atoms with Crippen LogP contribution in [-0.4, -0.2) is 123 Å². The Morgan fingerprint density at radius 1 is 0.841 bits per heavy atom. The number of likely N-dealkylation sites (N-methyl/N-ethyl adjacent to an activating group) is 1. The molecule has 1 amide bonds. The van der Waals surface area contributed by atoms with E-state index in [4.69, 9.17) is 29.7 Å². The van der Waals surface area contributed by atoms with Crippen molar-refractivity contribution in [1.82, 2.24) is 19.7 Å². The number of carboxylic acid groups (broad SMARTS) is 3. The minimum atomic E-state index is -5.08. The van der Waals surface area contributed by atoms with E-state index in [1.807, 2.05) is 23.4 Å². The molecular formula is C24H29F9N4O7. The number of hydrogen-bond donors (Lipinski definition) is 3. The van der Waals surface area contributed by atoms with Gasteiger partial charge in [-0.05, 0) is 37.6 Å². The molecule has 3 N–H and O–H groups in total. The normalized spacial score (nSPS) is 17.1. The fraction of sp³-hybridized carbons (Fsp3) is 0.542. The Bertz CT molecular complexity index is 1050. The van der Waals surface area contributed by atoms with E-state index in [9.17, 15) is 44.3 Å². The van der Waals surface area contributed by atoms with Gasteiger partial charge in [0, 0.05) is 51.7 Å². The van der Waals surface area contributed by atoms with Crippen LogP contribution in [-0.2, 0) is 25.7 Å². The first-order valence-electron chi connectivity index (χ1n) is 12.1. The molecule has 2 fully saturated rings. The van der Waals surface area contributed by atoms with E-state index in [-0.39, 0.29) is 11.4 Å². The lowest BCUT2D eigenvalue weighted by Crippen LogP contribution is -2.67. The second-order valence-electron chi connectivity index (χ2n) is 9.03. The Balaban J connectivity index is 0.000000721. The molecule has 3 heterocycles. The van der Waals surface area contributed by atoms with E-state index >= 15 is 0 Å². The molecule has 0 radical (unpaired) electrons. The van der Waals surface area contributed by atoms with Gasteiger partial charge in [-0.1, -0.05) is 6.08 Å². The second kappa shape index (κ2) is 16.8. The summed E-state index contributed by atoms with van der Waals surface area (Å²) >= 11 is 0. The van der Waals surface area contributed by atoms with Gasteiger partial charge in [-0.25, -0.2) is 14.4 Å². The van der Waals surface area contributed by atoms with Crippen LogP contribution in [0.2, 0.25) is 0 Å². The zero-order valence-corrected chi connectivity index (χ0v) is 22.9. The van der Waals surface area contributed by atoms with Crippen LogP contribution in [0.4, 0.5) is 39.5 Å². The molecule has 3 rings (SSSR count). The average molecular weight is 656 g/mol. The number of pyridine rings is 1. The lowest BCUT2D eigenvalue weighted by atomic mass is 9.82. The van der Waals surface area contributed by atoms with Crippen LogP contribution >= 0.6 is 0 Å². The Morgan fingerprint density at radius 2 is 1.23 bits per heavy atom. The maximum atomic E-state index is 13.0. The highest BCUT2D eigenvalue weighted by Crippen LogP contribution is 2.33. The highest BCUT2D eigenvalue weighted by atomic mass is 19.4. The number of nitrogens with zero attached hydrogens (tertiary/aromatic N) is 4.